The summed E-state index contributed by atoms with van der Waals surface area (Å²) in [5, 5.41) is 10.9. The summed E-state index contributed by atoms with van der Waals surface area (Å²) in [5.74, 6) is 0.699. The van der Waals surface area contributed by atoms with Gasteiger partial charge < -0.3 is 19.5 Å². The van der Waals surface area contributed by atoms with Crippen LogP contribution in [0.1, 0.15) is 13.8 Å². The summed E-state index contributed by atoms with van der Waals surface area (Å²) >= 11 is 0. The van der Waals surface area contributed by atoms with Gasteiger partial charge in [0.25, 0.3) is 5.91 Å². The second-order valence-corrected chi connectivity index (χ2v) is 6.57. The molecule has 1 N–H and O–H groups in total. The van der Waals surface area contributed by atoms with E-state index in [2.05, 4.69) is 15.5 Å². The van der Waals surface area contributed by atoms with E-state index in [1.165, 1.54) is 18.2 Å². The van der Waals surface area contributed by atoms with Gasteiger partial charge in [-0.15, -0.1) is 10.2 Å². The smallest absolute Gasteiger partial charge is 0.260 e. The molecule has 1 amide bonds. The molecule has 0 aliphatic rings. The maximum absolute atomic E-state index is 13.2. The minimum Gasteiger partial charge on any atom is -0.494 e. The number of halogens is 1. The number of hydrogen-bond acceptors (Lipinski definition) is 6. The van der Waals surface area contributed by atoms with E-state index < -0.39 is 11.9 Å². The predicted octanol–water partition coefficient (Wildman–Crippen LogP) is 3.64. The first-order chi connectivity index (χ1) is 15.0. The summed E-state index contributed by atoms with van der Waals surface area (Å²) in [6, 6.07) is 16.8. The van der Waals surface area contributed by atoms with Gasteiger partial charge in [0, 0.05) is 17.7 Å². The number of carbonyl (C=O) groups is 1. The minimum atomic E-state index is -0.769. The average molecular weight is 425 g/mol. The van der Waals surface area contributed by atoms with E-state index in [1.807, 2.05) is 37.3 Å². The van der Waals surface area contributed by atoms with Crippen molar-refractivity contribution in [1.82, 2.24) is 15.5 Å². The van der Waals surface area contributed by atoms with Crippen LogP contribution in [0, 0.1) is 5.82 Å². The molecule has 1 unspecified atom stereocenters. The lowest BCUT2D eigenvalue weighted by molar-refractivity contribution is -0.127. The molecule has 3 rings (SSSR count). The molecule has 31 heavy (non-hydrogen) atoms. The van der Waals surface area contributed by atoms with Crippen molar-refractivity contribution >= 4 is 5.91 Å². The summed E-state index contributed by atoms with van der Waals surface area (Å²) in [5.41, 5.74) is 1.63. The molecule has 7 nitrogen and oxygen atoms in total. The van der Waals surface area contributed by atoms with Gasteiger partial charge in [0.2, 0.25) is 5.88 Å². The molecule has 0 bridgehead atoms. The number of rotatable bonds is 10. The van der Waals surface area contributed by atoms with Crippen molar-refractivity contribution in [2.45, 2.75) is 20.0 Å². The van der Waals surface area contributed by atoms with Gasteiger partial charge in [0.05, 0.1) is 18.8 Å². The summed E-state index contributed by atoms with van der Waals surface area (Å²) in [6.45, 7) is 4.62. The van der Waals surface area contributed by atoms with Crippen LogP contribution in [-0.2, 0) is 4.79 Å². The second-order valence-electron chi connectivity index (χ2n) is 6.57. The Morgan fingerprint density at radius 1 is 1.03 bits per heavy atom. The van der Waals surface area contributed by atoms with Crippen LogP contribution < -0.4 is 19.5 Å². The predicted molar refractivity (Wildman–Crippen MR) is 114 cm³/mol. The van der Waals surface area contributed by atoms with Crippen LogP contribution in [0.2, 0.25) is 0 Å². The summed E-state index contributed by atoms with van der Waals surface area (Å²) < 4.78 is 29.5. The van der Waals surface area contributed by atoms with Gasteiger partial charge in [-0.05, 0) is 56.3 Å². The van der Waals surface area contributed by atoms with Crippen molar-refractivity contribution in [2.24, 2.45) is 0 Å². The molecule has 8 heteroatoms. The monoisotopic (exact) mass is 425 g/mol. The number of aromatic nitrogens is 2. The molecule has 0 radical (unpaired) electrons. The Balaban J connectivity index is 1.41. The van der Waals surface area contributed by atoms with E-state index in [-0.39, 0.29) is 19.1 Å². The van der Waals surface area contributed by atoms with Crippen molar-refractivity contribution < 1.29 is 23.4 Å². The first-order valence-corrected chi connectivity index (χ1v) is 9.95. The van der Waals surface area contributed by atoms with E-state index in [4.69, 9.17) is 14.2 Å². The van der Waals surface area contributed by atoms with Crippen LogP contribution in [-0.4, -0.2) is 42.0 Å². The molecule has 1 atom stereocenters. The van der Waals surface area contributed by atoms with Crippen molar-refractivity contribution in [3.8, 4) is 28.6 Å². The van der Waals surface area contributed by atoms with E-state index in [0.29, 0.717) is 23.9 Å². The van der Waals surface area contributed by atoms with E-state index in [9.17, 15) is 9.18 Å². The Bertz CT molecular complexity index is 981. The highest BCUT2D eigenvalue weighted by molar-refractivity contribution is 5.80. The Kier molecular flexibility index (Phi) is 7.75. The van der Waals surface area contributed by atoms with Crippen molar-refractivity contribution in [2.75, 3.05) is 19.8 Å². The van der Waals surface area contributed by atoms with Crippen LogP contribution in [0.3, 0.4) is 0 Å². The molecule has 3 aromatic rings. The zero-order chi connectivity index (χ0) is 22.1. The summed E-state index contributed by atoms with van der Waals surface area (Å²) in [6.07, 6.45) is -0.769. The maximum atomic E-state index is 13.2. The third-order valence-corrected chi connectivity index (χ3v) is 4.23. The molecule has 0 aliphatic heterocycles. The number of nitrogens with zero attached hydrogens (tertiary/aromatic N) is 2. The molecule has 1 aromatic heterocycles. The van der Waals surface area contributed by atoms with E-state index in [1.54, 1.807) is 19.1 Å². The fraction of sp³-hybridized carbons (Fsp3) is 0.261. The average Bonchev–Trinajstić information content (AvgIpc) is 2.78. The number of carbonyl (C=O) groups excluding carboxylic acids is 1. The molecule has 1 heterocycles. The van der Waals surface area contributed by atoms with Gasteiger partial charge >= 0.3 is 0 Å². The second kappa shape index (κ2) is 10.9. The SMILES string of the molecule is CCOc1ccc(-c2ccc(OCCNC(=O)C(C)Oc3cccc(F)c3)nn2)cc1. The Labute approximate surface area is 180 Å². The number of amides is 1. The van der Waals surface area contributed by atoms with Gasteiger partial charge in [0.15, 0.2) is 6.10 Å². The summed E-state index contributed by atoms with van der Waals surface area (Å²) in [7, 11) is 0. The van der Waals surface area contributed by atoms with Gasteiger partial charge in [-0.3, -0.25) is 4.79 Å². The molecule has 0 saturated carbocycles. The third-order valence-electron chi connectivity index (χ3n) is 4.23. The first-order valence-electron chi connectivity index (χ1n) is 9.95. The normalized spacial score (nSPS) is 11.5. The zero-order valence-electron chi connectivity index (χ0n) is 17.4. The summed E-state index contributed by atoms with van der Waals surface area (Å²) in [4.78, 5) is 12.1. The van der Waals surface area contributed by atoms with Crippen LogP contribution in [0.25, 0.3) is 11.3 Å². The van der Waals surface area contributed by atoms with Crippen molar-refractivity contribution in [1.29, 1.82) is 0 Å². The molecular weight excluding hydrogens is 401 g/mol. The van der Waals surface area contributed by atoms with Crippen LogP contribution >= 0.6 is 0 Å². The molecule has 162 valence electrons. The molecular formula is C23H24FN3O4. The first kappa shape index (κ1) is 22.0. The van der Waals surface area contributed by atoms with Gasteiger partial charge in [-0.2, -0.15) is 0 Å². The lowest BCUT2D eigenvalue weighted by atomic mass is 10.1. The molecule has 0 fully saturated rings. The maximum Gasteiger partial charge on any atom is 0.260 e. The van der Waals surface area contributed by atoms with Crippen LogP contribution in [0.15, 0.2) is 60.7 Å². The molecule has 2 aromatic carbocycles. The van der Waals surface area contributed by atoms with Crippen molar-refractivity contribution in [3.63, 3.8) is 0 Å². The molecule has 0 saturated heterocycles. The van der Waals surface area contributed by atoms with Crippen molar-refractivity contribution in [3.05, 3.63) is 66.5 Å². The largest absolute Gasteiger partial charge is 0.494 e. The number of benzene rings is 2. The Morgan fingerprint density at radius 3 is 2.52 bits per heavy atom. The number of nitrogens with one attached hydrogen (secondary N) is 1. The van der Waals surface area contributed by atoms with Crippen LogP contribution in [0.4, 0.5) is 4.39 Å². The minimum absolute atomic E-state index is 0.218. The third kappa shape index (κ3) is 6.67. The van der Waals surface area contributed by atoms with Gasteiger partial charge in [-0.1, -0.05) is 6.07 Å². The van der Waals surface area contributed by atoms with E-state index >= 15 is 0 Å². The lowest BCUT2D eigenvalue weighted by Crippen LogP contribution is -2.38. The lowest BCUT2D eigenvalue weighted by Gasteiger charge is -2.14. The fourth-order valence-electron chi connectivity index (χ4n) is 2.71. The molecule has 0 spiro atoms. The fourth-order valence-corrected chi connectivity index (χ4v) is 2.71. The highest BCUT2D eigenvalue weighted by Crippen LogP contribution is 2.21. The highest BCUT2D eigenvalue weighted by atomic mass is 19.1. The van der Waals surface area contributed by atoms with Gasteiger partial charge in [-0.25, -0.2) is 4.39 Å². The van der Waals surface area contributed by atoms with Crippen LogP contribution in [0.5, 0.6) is 17.4 Å². The Hall–Kier alpha value is -3.68. The zero-order valence-corrected chi connectivity index (χ0v) is 17.4. The molecule has 0 aliphatic carbocycles. The number of hydrogen-bond donors (Lipinski definition) is 1. The van der Waals surface area contributed by atoms with Gasteiger partial charge in [0.1, 0.15) is 23.9 Å². The highest BCUT2D eigenvalue weighted by Gasteiger charge is 2.14. The quantitative estimate of drug-likeness (QED) is 0.500. The topological polar surface area (TPSA) is 82.6 Å². The number of ether oxygens (including phenoxy) is 3. The Morgan fingerprint density at radius 2 is 1.84 bits per heavy atom. The van der Waals surface area contributed by atoms with E-state index in [0.717, 1.165) is 11.3 Å². The standard InChI is InChI=1S/C23H24FN3O4/c1-3-29-19-9-7-17(8-10-19)21-11-12-22(27-26-21)30-14-13-25-23(28)16(2)31-20-6-4-5-18(24)15-20/h4-12,15-16H,3,13-14H2,1-2H3,(H,25,28).